The molecule has 5 nitrogen and oxygen atoms in total. The molecule has 1 atom stereocenters. The molecule has 2 aromatic carbocycles. The molecule has 4 rings (SSSR count). The summed E-state index contributed by atoms with van der Waals surface area (Å²) in [6.45, 7) is 7.18. The van der Waals surface area contributed by atoms with E-state index in [0.29, 0.717) is 11.8 Å². The Hall–Kier alpha value is -2.31. The number of halogens is 1. The van der Waals surface area contributed by atoms with Gasteiger partial charge in [-0.1, -0.05) is 18.2 Å². The van der Waals surface area contributed by atoms with E-state index in [1.165, 1.54) is 31.7 Å². The first kappa shape index (κ1) is 20.9. The van der Waals surface area contributed by atoms with Gasteiger partial charge in [0.2, 0.25) is 0 Å². The molecule has 0 amide bonds. The lowest BCUT2D eigenvalue weighted by Gasteiger charge is -2.44. The van der Waals surface area contributed by atoms with E-state index < -0.39 is 0 Å². The number of likely N-dealkylation sites (tertiary alicyclic amines) is 1. The summed E-state index contributed by atoms with van der Waals surface area (Å²) in [7, 11) is 3.26. The second-order valence-corrected chi connectivity index (χ2v) is 8.19. The van der Waals surface area contributed by atoms with Crippen molar-refractivity contribution >= 4 is 5.69 Å². The van der Waals surface area contributed by atoms with Gasteiger partial charge in [0, 0.05) is 45.3 Å². The van der Waals surface area contributed by atoms with Gasteiger partial charge in [0.25, 0.3) is 0 Å². The molecule has 2 heterocycles. The zero-order chi connectivity index (χ0) is 20.9. The van der Waals surface area contributed by atoms with Crippen LogP contribution < -0.4 is 14.4 Å². The largest absolute Gasteiger partial charge is 0.495 e. The van der Waals surface area contributed by atoms with Crippen molar-refractivity contribution < 1.29 is 13.9 Å². The smallest absolute Gasteiger partial charge is 0.165 e. The number of ether oxygens (including phenoxy) is 2. The van der Waals surface area contributed by atoms with E-state index in [9.17, 15) is 4.39 Å². The van der Waals surface area contributed by atoms with Crippen LogP contribution in [-0.4, -0.2) is 69.3 Å². The van der Waals surface area contributed by atoms with E-state index in [-0.39, 0.29) is 5.82 Å². The summed E-state index contributed by atoms with van der Waals surface area (Å²) < 4.78 is 24.4. The molecule has 2 aliphatic heterocycles. The minimum absolute atomic E-state index is 0.300. The van der Waals surface area contributed by atoms with Crippen LogP contribution in [-0.2, 0) is 6.54 Å². The van der Waals surface area contributed by atoms with Crippen molar-refractivity contribution in [1.82, 2.24) is 9.80 Å². The molecule has 1 unspecified atom stereocenters. The van der Waals surface area contributed by atoms with Gasteiger partial charge in [-0.25, -0.2) is 4.39 Å². The van der Waals surface area contributed by atoms with Gasteiger partial charge in [0.05, 0.1) is 19.9 Å². The Labute approximate surface area is 179 Å². The third kappa shape index (κ3) is 4.71. The molecule has 6 heteroatoms. The highest BCUT2D eigenvalue weighted by atomic mass is 19.1. The molecule has 0 N–H and O–H groups in total. The van der Waals surface area contributed by atoms with Crippen LogP contribution in [0.4, 0.5) is 10.1 Å². The number of benzene rings is 2. The average molecular weight is 414 g/mol. The molecule has 2 fully saturated rings. The van der Waals surface area contributed by atoms with Crippen LogP contribution in [0.2, 0.25) is 0 Å². The Morgan fingerprint density at radius 1 is 0.933 bits per heavy atom. The highest BCUT2D eigenvalue weighted by Gasteiger charge is 2.28. The Balaban J connectivity index is 1.33. The number of hydrogen-bond donors (Lipinski definition) is 0. The summed E-state index contributed by atoms with van der Waals surface area (Å²) in [5.41, 5.74) is 2.30. The minimum Gasteiger partial charge on any atom is -0.495 e. The standard InChI is InChI=1S/C24H32FN3O2/c1-29-23-8-4-3-7-22(23)28-14-12-27(13-15-28)20-6-5-11-26(18-20)17-19-9-10-21(25)24(16-19)30-2/h3-4,7-10,16,20H,5-6,11-15,17-18H2,1-2H3. The Kier molecular flexibility index (Phi) is 6.75. The Morgan fingerprint density at radius 3 is 2.47 bits per heavy atom. The molecule has 2 aromatic rings. The monoisotopic (exact) mass is 413 g/mol. The van der Waals surface area contributed by atoms with Gasteiger partial charge >= 0.3 is 0 Å². The minimum atomic E-state index is -0.300. The van der Waals surface area contributed by atoms with Crippen LogP contribution in [0.25, 0.3) is 0 Å². The maximum absolute atomic E-state index is 13.7. The Bertz CT molecular complexity index is 839. The van der Waals surface area contributed by atoms with Crippen LogP contribution in [0.1, 0.15) is 18.4 Å². The molecule has 2 saturated heterocycles. The first-order valence-corrected chi connectivity index (χ1v) is 10.8. The van der Waals surface area contributed by atoms with E-state index in [2.05, 4.69) is 26.8 Å². The predicted octanol–water partition coefficient (Wildman–Crippen LogP) is 3.63. The van der Waals surface area contributed by atoms with Crippen molar-refractivity contribution in [1.29, 1.82) is 0 Å². The molecule has 0 spiro atoms. The molecule has 2 aliphatic rings. The van der Waals surface area contributed by atoms with Gasteiger partial charge in [-0.15, -0.1) is 0 Å². The van der Waals surface area contributed by atoms with Gasteiger partial charge < -0.3 is 14.4 Å². The zero-order valence-electron chi connectivity index (χ0n) is 18.0. The highest BCUT2D eigenvalue weighted by molar-refractivity contribution is 5.58. The van der Waals surface area contributed by atoms with Crippen molar-refractivity contribution in [2.75, 3.05) is 58.4 Å². The van der Waals surface area contributed by atoms with E-state index in [1.54, 1.807) is 7.11 Å². The maximum atomic E-state index is 13.7. The van der Waals surface area contributed by atoms with Crippen molar-refractivity contribution in [3.05, 3.63) is 53.8 Å². The number of piperidine rings is 1. The van der Waals surface area contributed by atoms with E-state index in [1.807, 2.05) is 24.3 Å². The quantitative estimate of drug-likeness (QED) is 0.721. The number of piperazine rings is 1. The van der Waals surface area contributed by atoms with Gasteiger partial charge in [-0.2, -0.15) is 0 Å². The molecule has 162 valence electrons. The average Bonchev–Trinajstić information content (AvgIpc) is 2.80. The third-order valence-electron chi connectivity index (χ3n) is 6.36. The van der Waals surface area contributed by atoms with E-state index in [0.717, 1.165) is 57.1 Å². The SMILES string of the molecule is COc1cc(CN2CCCC(N3CCN(c4ccccc4OC)CC3)C2)ccc1F. The summed E-state index contributed by atoms with van der Waals surface area (Å²) in [5.74, 6) is 0.976. The molecule has 0 bridgehead atoms. The molecule has 0 radical (unpaired) electrons. The fourth-order valence-corrected chi connectivity index (χ4v) is 4.75. The summed E-state index contributed by atoms with van der Waals surface area (Å²) in [6.07, 6.45) is 2.45. The number of rotatable bonds is 6. The normalized spacial score (nSPS) is 20.9. The van der Waals surface area contributed by atoms with Crippen LogP contribution in [0, 0.1) is 5.82 Å². The molecular formula is C24H32FN3O2. The van der Waals surface area contributed by atoms with Crippen molar-refractivity contribution in [3.63, 3.8) is 0 Å². The van der Waals surface area contributed by atoms with Crippen molar-refractivity contribution in [2.24, 2.45) is 0 Å². The lowest BCUT2D eigenvalue weighted by Crippen LogP contribution is -2.55. The van der Waals surface area contributed by atoms with Gasteiger partial charge in [0.15, 0.2) is 11.6 Å². The lowest BCUT2D eigenvalue weighted by molar-refractivity contribution is 0.0886. The highest BCUT2D eigenvalue weighted by Crippen LogP contribution is 2.29. The summed E-state index contributed by atoms with van der Waals surface area (Å²) in [5, 5.41) is 0. The van der Waals surface area contributed by atoms with E-state index >= 15 is 0 Å². The number of methoxy groups -OCH3 is 2. The third-order valence-corrected chi connectivity index (χ3v) is 6.36. The van der Waals surface area contributed by atoms with Gasteiger partial charge in [-0.05, 0) is 49.2 Å². The lowest BCUT2D eigenvalue weighted by atomic mass is 10.0. The summed E-state index contributed by atoms with van der Waals surface area (Å²) >= 11 is 0. The van der Waals surface area contributed by atoms with Crippen LogP contribution in [0.3, 0.4) is 0 Å². The fourth-order valence-electron chi connectivity index (χ4n) is 4.75. The summed E-state index contributed by atoms with van der Waals surface area (Å²) in [4.78, 5) is 7.57. The number of para-hydroxylation sites is 2. The van der Waals surface area contributed by atoms with Crippen LogP contribution in [0.5, 0.6) is 11.5 Å². The summed E-state index contributed by atoms with van der Waals surface area (Å²) in [6, 6.07) is 14.1. The first-order chi connectivity index (χ1) is 14.7. The second kappa shape index (κ2) is 9.67. The first-order valence-electron chi connectivity index (χ1n) is 10.8. The van der Waals surface area contributed by atoms with Crippen molar-refractivity contribution in [2.45, 2.75) is 25.4 Å². The Morgan fingerprint density at radius 2 is 1.70 bits per heavy atom. The molecular weight excluding hydrogens is 381 g/mol. The molecule has 0 aliphatic carbocycles. The predicted molar refractivity (Wildman–Crippen MR) is 118 cm³/mol. The zero-order valence-corrected chi connectivity index (χ0v) is 18.0. The molecule has 30 heavy (non-hydrogen) atoms. The van der Waals surface area contributed by atoms with Gasteiger partial charge in [0.1, 0.15) is 5.75 Å². The second-order valence-electron chi connectivity index (χ2n) is 8.19. The topological polar surface area (TPSA) is 28.2 Å². The van der Waals surface area contributed by atoms with E-state index in [4.69, 9.17) is 9.47 Å². The van der Waals surface area contributed by atoms with Crippen molar-refractivity contribution in [3.8, 4) is 11.5 Å². The molecule has 0 saturated carbocycles. The number of nitrogens with zero attached hydrogens (tertiary/aromatic N) is 3. The van der Waals surface area contributed by atoms with Gasteiger partial charge in [-0.3, -0.25) is 9.80 Å². The number of anilines is 1. The van der Waals surface area contributed by atoms with Crippen LogP contribution >= 0.6 is 0 Å². The van der Waals surface area contributed by atoms with Crippen LogP contribution in [0.15, 0.2) is 42.5 Å². The molecule has 0 aromatic heterocycles. The fraction of sp³-hybridized carbons (Fsp3) is 0.500. The number of hydrogen-bond acceptors (Lipinski definition) is 5. The maximum Gasteiger partial charge on any atom is 0.165 e.